The van der Waals surface area contributed by atoms with Crippen molar-refractivity contribution in [1.82, 2.24) is 0 Å². The fourth-order valence-corrected chi connectivity index (χ4v) is 2.14. The Hall–Kier alpha value is -2.80. The van der Waals surface area contributed by atoms with E-state index in [0.29, 0.717) is 0 Å². The van der Waals surface area contributed by atoms with Gasteiger partial charge in [-0.15, -0.1) is 0 Å². The zero-order valence-electron chi connectivity index (χ0n) is 12.1. The second kappa shape index (κ2) is 7.11. The summed E-state index contributed by atoms with van der Waals surface area (Å²) < 4.78 is 0. The molecule has 0 bridgehead atoms. The van der Waals surface area contributed by atoms with Crippen LogP contribution < -0.4 is 4.90 Å². The second-order valence-electron chi connectivity index (χ2n) is 4.50. The Labute approximate surface area is 126 Å². The van der Waals surface area contributed by atoms with Gasteiger partial charge in [-0.25, -0.2) is 0 Å². The number of nitrogens with zero attached hydrogens (tertiary/aromatic N) is 1. The van der Waals surface area contributed by atoms with Gasteiger partial charge in [0.1, 0.15) is 0 Å². The van der Waals surface area contributed by atoms with Gasteiger partial charge in [-0.2, -0.15) is 0 Å². The highest BCUT2D eigenvalue weighted by Gasteiger charge is 2.11. The highest BCUT2D eigenvalue weighted by atomic mass is 15.1. The molecule has 0 atom stereocenters. The van der Waals surface area contributed by atoms with Crippen molar-refractivity contribution in [3.63, 3.8) is 0 Å². The molecule has 0 saturated carbocycles. The van der Waals surface area contributed by atoms with E-state index in [1.165, 1.54) is 0 Å². The first-order valence-electron chi connectivity index (χ1n) is 6.83. The average molecular weight is 273 g/mol. The van der Waals surface area contributed by atoms with Gasteiger partial charge in [0.15, 0.2) is 0 Å². The Balaban J connectivity index is 2.54. The summed E-state index contributed by atoms with van der Waals surface area (Å²) in [5.74, 6) is 0. The highest BCUT2D eigenvalue weighted by Crippen LogP contribution is 2.30. The fraction of sp³-hybridized carbons (Fsp3) is 0. The molecule has 0 aliphatic rings. The predicted octanol–water partition coefficient (Wildman–Crippen LogP) is 5.72. The molecule has 0 fully saturated rings. The van der Waals surface area contributed by atoms with Crippen LogP contribution in [0.4, 0.5) is 11.4 Å². The average Bonchev–Trinajstić information content (AvgIpc) is 2.56. The summed E-state index contributed by atoms with van der Waals surface area (Å²) >= 11 is 0. The van der Waals surface area contributed by atoms with Crippen LogP contribution in [0, 0.1) is 0 Å². The van der Waals surface area contributed by atoms with E-state index >= 15 is 0 Å². The van der Waals surface area contributed by atoms with Crippen LogP contribution in [0.5, 0.6) is 0 Å². The zero-order chi connectivity index (χ0) is 15.1. The lowest BCUT2D eigenvalue weighted by molar-refractivity contribution is 1.21. The Bertz CT molecular complexity index is 648. The van der Waals surface area contributed by atoms with Crippen molar-refractivity contribution >= 4 is 17.5 Å². The molecule has 2 aromatic rings. The van der Waals surface area contributed by atoms with E-state index in [-0.39, 0.29) is 0 Å². The molecule has 0 saturated heterocycles. The Morgan fingerprint density at radius 2 is 1.43 bits per heavy atom. The van der Waals surface area contributed by atoms with Crippen LogP contribution in [0.25, 0.3) is 6.08 Å². The standard InChI is InChI=1S/C20H19N/c1-4-10-18(6-3)21(19-11-8-7-9-12-19)20-15-13-17(5-2)14-16-20/h4-16H,1-3H2/b18-10+. The smallest absolute Gasteiger partial charge is 0.0462 e. The van der Waals surface area contributed by atoms with Gasteiger partial charge in [-0.05, 0) is 42.0 Å². The van der Waals surface area contributed by atoms with Gasteiger partial charge in [0.2, 0.25) is 0 Å². The molecule has 0 aromatic heterocycles. The number of allylic oxidation sites excluding steroid dienone is 3. The van der Waals surface area contributed by atoms with Crippen molar-refractivity contribution in [2.24, 2.45) is 0 Å². The van der Waals surface area contributed by atoms with Crippen molar-refractivity contribution in [3.05, 3.63) is 104 Å². The van der Waals surface area contributed by atoms with Crippen LogP contribution in [0.2, 0.25) is 0 Å². The normalized spacial score (nSPS) is 10.8. The molecule has 0 aliphatic carbocycles. The van der Waals surface area contributed by atoms with Crippen LogP contribution in [-0.4, -0.2) is 0 Å². The molecule has 2 aromatic carbocycles. The zero-order valence-corrected chi connectivity index (χ0v) is 12.1. The van der Waals surface area contributed by atoms with E-state index in [4.69, 9.17) is 0 Å². The first kappa shape index (κ1) is 14.6. The number of benzene rings is 2. The number of hydrogen-bond acceptors (Lipinski definition) is 1. The third-order valence-electron chi connectivity index (χ3n) is 3.16. The summed E-state index contributed by atoms with van der Waals surface area (Å²) in [6, 6.07) is 18.4. The van der Waals surface area contributed by atoms with Gasteiger partial charge in [0, 0.05) is 17.1 Å². The molecule has 0 N–H and O–H groups in total. The molecule has 0 radical (unpaired) electrons. The summed E-state index contributed by atoms with van der Waals surface area (Å²) in [6.45, 7) is 11.5. The Morgan fingerprint density at radius 1 is 0.810 bits per heavy atom. The fourth-order valence-electron chi connectivity index (χ4n) is 2.14. The van der Waals surface area contributed by atoms with E-state index in [2.05, 4.69) is 48.9 Å². The van der Waals surface area contributed by atoms with Crippen LogP contribution in [0.15, 0.2) is 98.3 Å². The lowest BCUT2D eigenvalue weighted by atomic mass is 10.1. The van der Waals surface area contributed by atoms with Crippen LogP contribution in [0.3, 0.4) is 0 Å². The third kappa shape index (κ3) is 3.40. The van der Waals surface area contributed by atoms with Gasteiger partial charge in [0.25, 0.3) is 0 Å². The maximum Gasteiger partial charge on any atom is 0.0462 e. The minimum atomic E-state index is 0.975. The largest absolute Gasteiger partial charge is 0.311 e. The summed E-state index contributed by atoms with van der Waals surface area (Å²) in [6.07, 6.45) is 7.38. The monoisotopic (exact) mass is 273 g/mol. The lowest BCUT2D eigenvalue weighted by Crippen LogP contribution is -2.14. The van der Waals surface area contributed by atoms with Crippen molar-refractivity contribution in [2.45, 2.75) is 0 Å². The number of para-hydroxylation sites is 1. The van der Waals surface area contributed by atoms with Crippen LogP contribution >= 0.6 is 0 Å². The number of rotatable bonds is 6. The predicted molar refractivity (Wildman–Crippen MR) is 93.6 cm³/mol. The molecule has 0 unspecified atom stereocenters. The minimum Gasteiger partial charge on any atom is -0.311 e. The first-order chi connectivity index (χ1) is 10.3. The molecule has 0 heterocycles. The number of hydrogen-bond donors (Lipinski definition) is 0. The summed E-state index contributed by atoms with van der Waals surface area (Å²) in [5.41, 5.74) is 4.22. The molecule has 21 heavy (non-hydrogen) atoms. The molecule has 1 heteroatoms. The molecule has 0 spiro atoms. The minimum absolute atomic E-state index is 0.975. The molecule has 2 rings (SSSR count). The molecule has 0 aliphatic heterocycles. The SMILES string of the molecule is C=C/C=C(\C=C)N(c1ccccc1)c1ccc(C=C)cc1. The van der Waals surface area contributed by atoms with Gasteiger partial charge >= 0.3 is 0 Å². The lowest BCUT2D eigenvalue weighted by Gasteiger charge is -2.26. The summed E-state index contributed by atoms with van der Waals surface area (Å²) in [5, 5.41) is 0. The van der Waals surface area contributed by atoms with Crippen molar-refractivity contribution in [1.29, 1.82) is 0 Å². The van der Waals surface area contributed by atoms with E-state index < -0.39 is 0 Å². The van der Waals surface area contributed by atoms with Gasteiger partial charge < -0.3 is 4.90 Å². The van der Waals surface area contributed by atoms with Crippen molar-refractivity contribution in [3.8, 4) is 0 Å². The highest BCUT2D eigenvalue weighted by molar-refractivity contribution is 5.71. The molecule has 0 amide bonds. The first-order valence-corrected chi connectivity index (χ1v) is 6.83. The maximum absolute atomic E-state index is 3.91. The molecule has 104 valence electrons. The van der Waals surface area contributed by atoms with Crippen molar-refractivity contribution in [2.75, 3.05) is 4.90 Å². The Kier molecular flexibility index (Phi) is 4.94. The topological polar surface area (TPSA) is 3.24 Å². The quantitative estimate of drug-likeness (QED) is 0.608. The van der Waals surface area contributed by atoms with Gasteiger partial charge in [-0.1, -0.05) is 62.2 Å². The molecule has 1 nitrogen and oxygen atoms in total. The van der Waals surface area contributed by atoms with E-state index in [0.717, 1.165) is 22.6 Å². The van der Waals surface area contributed by atoms with E-state index in [1.807, 2.05) is 48.6 Å². The van der Waals surface area contributed by atoms with Crippen LogP contribution in [0.1, 0.15) is 5.56 Å². The molecular formula is C20H19N. The van der Waals surface area contributed by atoms with Gasteiger partial charge in [-0.3, -0.25) is 0 Å². The molecular weight excluding hydrogens is 254 g/mol. The maximum atomic E-state index is 3.91. The summed E-state index contributed by atoms with van der Waals surface area (Å²) in [7, 11) is 0. The Morgan fingerprint density at radius 3 is 1.95 bits per heavy atom. The van der Waals surface area contributed by atoms with Gasteiger partial charge in [0.05, 0.1) is 0 Å². The number of anilines is 2. The van der Waals surface area contributed by atoms with Crippen LogP contribution in [-0.2, 0) is 0 Å². The van der Waals surface area contributed by atoms with E-state index in [9.17, 15) is 0 Å². The second-order valence-corrected chi connectivity index (χ2v) is 4.50. The van der Waals surface area contributed by atoms with E-state index in [1.54, 1.807) is 6.08 Å². The van der Waals surface area contributed by atoms with Crippen molar-refractivity contribution < 1.29 is 0 Å². The summed E-state index contributed by atoms with van der Waals surface area (Å²) in [4.78, 5) is 2.14. The third-order valence-corrected chi connectivity index (χ3v) is 3.16.